The van der Waals surface area contributed by atoms with Crippen LogP contribution >= 0.6 is 15.9 Å². The Morgan fingerprint density at radius 1 is 1.53 bits per heavy atom. The van der Waals surface area contributed by atoms with Crippen molar-refractivity contribution in [3.05, 3.63) is 27.0 Å². The zero-order valence-electron chi connectivity index (χ0n) is 9.04. The SMILES string of the molecule is CN(CCN=[N+]=[N-])c1cc(Br)c2nonc2c1. The van der Waals surface area contributed by atoms with Crippen LogP contribution in [0.3, 0.4) is 0 Å². The van der Waals surface area contributed by atoms with E-state index in [2.05, 4.69) is 40.9 Å². The van der Waals surface area contributed by atoms with E-state index in [1.165, 1.54) is 0 Å². The minimum Gasteiger partial charge on any atom is -0.374 e. The zero-order valence-corrected chi connectivity index (χ0v) is 10.6. The summed E-state index contributed by atoms with van der Waals surface area (Å²) in [6.45, 7) is 1.05. The number of fused-ring (bicyclic) bond motifs is 1. The van der Waals surface area contributed by atoms with Gasteiger partial charge >= 0.3 is 0 Å². The van der Waals surface area contributed by atoms with Gasteiger partial charge in [-0.2, -0.15) is 0 Å². The van der Waals surface area contributed by atoms with E-state index in [1.54, 1.807) is 0 Å². The molecule has 0 aliphatic carbocycles. The maximum absolute atomic E-state index is 8.21. The Kier molecular flexibility index (Phi) is 3.46. The molecule has 0 bridgehead atoms. The van der Waals surface area contributed by atoms with E-state index in [4.69, 9.17) is 5.53 Å². The minimum absolute atomic E-state index is 0.416. The normalized spacial score (nSPS) is 10.2. The Labute approximate surface area is 105 Å². The van der Waals surface area contributed by atoms with E-state index >= 15 is 0 Å². The highest BCUT2D eigenvalue weighted by molar-refractivity contribution is 9.10. The summed E-state index contributed by atoms with van der Waals surface area (Å²) in [6, 6.07) is 3.79. The van der Waals surface area contributed by atoms with Gasteiger partial charge in [-0.05, 0) is 43.9 Å². The summed E-state index contributed by atoms with van der Waals surface area (Å²) < 4.78 is 5.49. The number of rotatable bonds is 4. The number of aromatic nitrogens is 2. The highest BCUT2D eigenvalue weighted by Crippen LogP contribution is 2.27. The van der Waals surface area contributed by atoms with Crippen LogP contribution in [-0.4, -0.2) is 30.5 Å². The Bertz CT molecular complexity index is 576. The van der Waals surface area contributed by atoms with Gasteiger partial charge in [0.1, 0.15) is 11.0 Å². The van der Waals surface area contributed by atoms with Gasteiger partial charge in [0.05, 0.1) is 4.47 Å². The van der Waals surface area contributed by atoms with Crippen LogP contribution < -0.4 is 4.90 Å². The molecule has 0 fully saturated rings. The number of halogens is 1. The summed E-state index contributed by atoms with van der Waals surface area (Å²) >= 11 is 3.41. The molecule has 0 aliphatic rings. The summed E-state index contributed by atoms with van der Waals surface area (Å²) in [4.78, 5) is 4.68. The van der Waals surface area contributed by atoms with Crippen molar-refractivity contribution in [1.82, 2.24) is 10.3 Å². The lowest BCUT2D eigenvalue weighted by molar-refractivity contribution is 0.315. The van der Waals surface area contributed by atoms with Crippen molar-refractivity contribution in [3.8, 4) is 0 Å². The number of hydrogen-bond acceptors (Lipinski definition) is 5. The first-order valence-corrected chi connectivity index (χ1v) is 5.65. The Morgan fingerprint density at radius 3 is 3.12 bits per heavy atom. The third-order valence-corrected chi connectivity index (χ3v) is 2.94. The third kappa shape index (κ3) is 2.48. The summed E-state index contributed by atoms with van der Waals surface area (Å²) in [7, 11) is 1.91. The first-order chi connectivity index (χ1) is 8.22. The molecule has 17 heavy (non-hydrogen) atoms. The van der Waals surface area contributed by atoms with Crippen LogP contribution in [0.1, 0.15) is 0 Å². The van der Waals surface area contributed by atoms with Crippen molar-refractivity contribution in [2.24, 2.45) is 5.11 Å². The fourth-order valence-electron chi connectivity index (χ4n) is 1.42. The fourth-order valence-corrected chi connectivity index (χ4v) is 1.93. The first-order valence-electron chi connectivity index (χ1n) is 4.86. The molecule has 0 amide bonds. The monoisotopic (exact) mass is 296 g/mol. The molecule has 0 aliphatic heterocycles. The maximum Gasteiger partial charge on any atom is 0.149 e. The Hall–Kier alpha value is -1.79. The number of hydrogen-bond donors (Lipinski definition) is 0. The van der Waals surface area contributed by atoms with Crippen molar-refractivity contribution in [1.29, 1.82) is 0 Å². The summed E-state index contributed by atoms with van der Waals surface area (Å²) in [5, 5.41) is 11.1. The van der Waals surface area contributed by atoms with Gasteiger partial charge in [0.2, 0.25) is 0 Å². The van der Waals surface area contributed by atoms with Crippen molar-refractivity contribution < 1.29 is 4.63 Å². The van der Waals surface area contributed by atoms with Gasteiger partial charge in [-0.15, -0.1) is 0 Å². The molecule has 0 spiro atoms. The molecule has 88 valence electrons. The second-order valence-corrected chi connectivity index (χ2v) is 4.29. The molecule has 0 saturated carbocycles. The van der Waals surface area contributed by atoms with Crippen LogP contribution in [0.4, 0.5) is 5.69 Å². The average Bonchev–Trinajstić information content (AvgIpc) is 2.77. The Balaban J connectivity index is 2.25. The highest BCUT2D eigenvalue weighted by Gasteiger charge is 2.09. The summed E-state index contributed by atoms with van der Waals surface area (Å²) in [5.74, 6) is 0. The van der Waals surface area contributed by atoms with Gasteiger partial charge in [-0.1, -0.05) is 5.11 Å². The number of nitrogens with zero attached hydrogens (tertiary/aromatic N) is 6. The first kappa shape index (κ1) is 11.7. The minimum atomic E-state index is 0.416. The second-order valence-electron chi connectivity index (χ2n) is 3.44. The molecule has 0 atom stereocenters. The molecule has 8 heteroatoms. The summed E-state index contributed by atoms with van der Waals surface area (Å²) in [6.07, 6.45) is 0. The molecule has 0 radical (unpaired) electrons. The zero-order chi connectivity index (χ0) is 12.3. The molecule has 1 aromatic heterocycles. The van der Waals surface area contributed by atoms with Gasteiger partial charge in [0, 0.05) is 30.7 Å². The number of benzene rings is 1. The average molecular weight is 297 g/mol. The molecule has 0 N–H and O–H groups in total. The lowest BCUT2D eigenvalue weighted by Crippen LogP contribution is -2.20. The van der Waals surface area contributed by atoms with Crippen LogP contribution in [0.5, 0.6) is 0 Å². The van der Waals surface area contributed by atoms with E-state index in [0.717, 1.165) is 10.2 Å². The lowest BCUT2D eigenvalue weighted by Gasteiger charge is -2.18. The van der Waals surface area contributed by atoms with Gasteiger partial charge in [-0.3, -0.25) is 0 Å². The third-order valence-electron chi connectivity index (χ3n) is 2.34. The van der Waals surface area contributed by atoms with Crippen LogP contribution in [0, 0.1) is 0 Å². The van der Waals surface area contributed by atoms with E-state index in [9.17, 15) is 0 Å². The lowest BCUT2D eigenvalue weighted by atomic mass is 10.2. The second kappa shape index (κ2) is 5.03. The molecular formula is C9H9BrN6O. The topological polar surface area (TPSA) is 90.9 Å². The summed E-state index contributed by atoms with van der Waals surface area (Å²) in [5.41, 5.74) is 10.5. The maximum atomic E-state index is 8.21. The van der Waals surface area contributed by atoms with Crippen LogP contribution in [-0.2, 0) is 0 Å². The van der Waals surface area contributed by atoms with Crippen LogP contribution in [0.25, 0.3) is 21.5 Å². The quantitative estimate of drug-likeness (QED) is 0.493. The van der Waals surface area contributed by atoms with Crippen molar-refractivity contribution in [3.63, 3.8) is 0 Å². The molecule has 2 aromatic rings. The smallest absolute Gasteiger partial charge is 0.149 e. The van der Waals surface area contributed by atoms with E-state index in [-0.39, 0.29) is 0 Å². The van der Waals surface area contributed by atoms with E-state index in [1.807, 2.05) is 24.1 Å². The molecule has 0 saturated heterocycles. The van der Waals surface area contributed by atoms with Gasteiger partial charge < -0.3 is 4.90 Å². The Morgan fingerprint density at radius 2 is 2.35 bits per heavy atom. The molecule has 1 heterocycles. The number of anilines is 1. The molecule has 0 unspecified atom stereocenters. The van der Waals surface area contributed by atoms with E-state index in [0.29, 0.717) is 24.1 Å². The van der Waals surface area contributed by atoms with Crippen molar-refractivity contribution in [2.75, 3.05) is 25.0 Å². The van der Waals surface area contributed by atoms with Crippen molar-refractivity contribution in [2.45, 2.75) is 0 Å². The van der Waals surface area contributed by atoms with E-state index < -0.39 is 0 Å². The fraction of sp³-hybridized carbons (Fsp3) is 0.333. The van der Waals surface area contributed by atoms with Crippen LogP contribution in [0.2, 0.25) is 0 Å². The molecule has 2 rings (SSSR count). The van der Waals surface area contributed by atoms with Crippen molar-refractivity contribution >= 4 is 32.7 Å². The predicted molar refractivity (Wildman–Crippen MR) is 66.8 cm³/mol. The largest absolute Gasteiger partial charge is 0.374 e. The highest BCUT2D eigenvalue weighted by atomic mass is 79.9. The van der Waals surface area contributed by atoms with Gasteiger partial charge in [-0.25, -0.2) is 4.63 Å². The van der Waals surface area contributed by atoms with Gasteiger partial charge in [0.25, 0.3) is 0 Å². The number of likely N-dealkylation sites (N-methyl/N-ethyl adjacent to an activating group) is 1. The van der Waals surface area contributed by atoms with Gasteiger partial charge in [0.15, 0.2) is 0 Å². The predicted octanol–water partition coefficient (Wildman–Crippen LogP) is 2.73. The van der Waals surface area contributed by atoms with Crippen LogP contribution in [0.15, 0.2) is 26.3 Å². The molecular weight excluding hydrogens is 288 g/mol. The molecule has 1 aromatic carbocycles. The standard InChI is InChI=1S/C9H9BrN6O/c1-16(3-2-12-15-11)6-4-7(10)9-8(5-6)13-17-14-9/h4-5H,2-3H2,1H3. The molecule has 7 nitrogen and oxygen atoms in total. The number of azide groups is 1.